The lowest BCUT2D eigenvalue weighted by Crippen LogP contribution is -2.22. The van der Waals surface area contributed by atoms with E-state index in [0.29, 0.717) is 17.9 Å². The summed E-state index contributed by atoms with van der Waals surface area (Å²) in [7, 11) is 3.28. The highest BCUT2D eigenvalue weighted by molar-refractivity contribution is 5.92. The van der Waals surface area contributed by atoms with E-state index < -0.39 is 5.97 Å². The van der Waals surface area contributed by atoms with E-state index in [2.05, 4.69) is 10.1 Å². The summed E-state index contributed by atoms with van der Waals surface area (Å²) in [4.78, 5) is 28.7. The van der Waals surface area contributed by atoms with Crippen molar-refractivity contribution in [1.82, 2.24) is 19.7 Å². The quantitative estimate of drug-likeness (QED) is 0.914. The Balaban J connectivity index is 2.44. The fourth-order valence-corrected chi connectivity index (χ4v) is 1.79. The second-order valence-corrected chi connectivity index (χ2v) is 4.71. The van der Waals surface area contributed by atoms with Crippen LogP contribution < -0.4 is 0 Å². The first kappa shape index (κ1) is 14.7. The van der Waals surface area contributed by atoms with Crippen LogP contribution in [-0.4, -0.2) is 50.7 Å². The number of carbonyl (C=O) groups is 2. The van der Waals surface area contributed by atoms with Crippen molar-refractivity contribution in [2.24, 2.45) is 0 Å². The van der Waals surface area contributed by atoms with E-state index in [1.807, 2.05) is 6.92 Å². The van der Waals surface area contributed by atoms with E-state index in [4.69, 9.17) is 5.11 Å². The summed E-state index contributed by atoms with van der Waals surface area (Å²) < 4.78 is 1.41. The Morgan fingerprint density at radius 1 is 1.33 bits per heavy atom. The predicted octanol–water partition coefficient (Wildman–Crippen LogP) is 1.23. The number of carbonyl (C=O) groups excluding carboxylic acids is 1. The molecule has 0 aliphatic heterocycles. The molecule has 1 N–H and O–H groups in total. The van der Waals surface area contributed by atoms with Gasteiger partial charge in [0.25, 0.3) is 5.91 Å². The number of carboxylic acid groups (broad SMARTS) is 1. The predicted molar refractivity (Wildman–Crippen MR) is 75.7 cm³/mol. The molecule has 0 unspecified atom stereocenters. The number of amides is 1. The topological polar surface area (TPSA) is 88.3 Å². The Kier molecular flexibility index (Phi) is 4.02. The molecule has 2 aromatic heterocycles. The number of carboxylic acids is 1. The van der Waals surface area contributed by atoms with E-state index in [-0.39, 0.29) is 17.2 Å². The summed E-state index contributed by atoms with van der Waals surface area (Å²) in [6, 6.07) is 4.53. The number of pyridine rings is 1. The third-order valence-corrected chi connectivity index (χ3v) is 2.92. The molecule has 2 aromatic rings. The van der Waals surface area contributed by atoms with Crippen molar-refractivity contribution >= 4 is 11.9 Å². The molecule has 0 radical (unpaired) electrons. The van der Waals surface area contributed by atoms with Gasteiger partial charge in [-0.1, -0.05) is 6.92 Å². The van der Waals surface area contributed by atoms with E-state index in [1.165, 1.54) is 21.7 Å². The molecule has 0 aliphatic carbocycles. The first-order chi connectivity index (χ1) is 9.92. The minimum Gasteiger partial charge on any atom is -0.478 e. The molecule has 7 heteroatoms. The average molecular weight is 288 g/mol. The van der Waals surface area contributed by atoms with Crippen LogP contribution in [0.5, 0.6) is 0 Å². The zero-order valence-corrected chi connectivity index (χ0v) is 12.1. The molecule has 1 amide bonds. The van der Waals surface area contributed by atoms with Crippen LogP contribution in [0.1, 0.15) is 33.5 Å². The molecular formula is C14H16N4O3. The molecular weight excluding hydrogens is 272 g/mol. The minimum atomic E-state index is -1.02. The molecule has 0 spiro atoms. The zero-order chi connectivity index (χ0) is 15.6. The highest BCUT2D eigenvalue weighted by Crippen LogP contribution is 2.12. The molecule has 0 aromatic carbocycles. The van der Waals surface area contributed by atoms with Crippen molar-refractivity contribution < 1.29 is 14.7 Å². The lowest BCUT2D eigenvalue weighted by atomic mass is 10.2. The maximum atomic E-state index is 11.8. The molecule has 0 bridgehead atoms. The third-order valence-electron chi connectivity index (χ3n) is 2.92. The summed E-state index contributed by atoms with van der Waals surface area (Å²) in [6.45, 7) is 1.89. The number of rotatable bonds is 4. The number of aromatic nitrogens is 3. The number of aromatic carboxylic acids is 1. The Bertz CT molecular complexity index is 691. The molecule has 0 aliphatic rings. The highest BCUT2D eigenvalue weighted by atomic mass is 16.4. The van der Waals surface area contributed by atoms with Gasteiger partial charge in [0.15, 0.2) is 11.5 Å². The lowest BCUT2D eigenvalue weighted by molar-refractivity contribution is 0.0696. The van der Waals surface area contributed by atoms with E-state index >= 15 is 0 Å². The van der Waals surface area contributed by atoms with Gasteiger partial charge in [-0.05, 0) is 24.6 Å². The molecule has 0 fully saturated rings. The largest absolute Gasteiger partial charge is 0.478 e. The van der Waals surface area contributed by atoms with E-state index in [9.17, 15) is 9.59 Å². The smallest absolute Gasteiger partial charge is 0.335 e. The fourth-order valence-electron chi connectivity index (χ4n) is 1.79. The summed E-state index contributed by atoms with van der Waals surface area (Å²) >= 11 is 0. The van der Waals surface area contributed by atoms with Gasteiger partial charge in [-0.2, -0.15) is 5.10 Å². The van der Waals surface area contributed by atoms with Crippen LogP contribution in [0.3, 0.4) is 0 Å². The van der Waals surface area contributed by atoms with Crippen molar-refractivity contribution in [3.05, 3.63) is 41.3 Å². The van der Waals surface area contributed by atoms with Crippen LogP contribution >= 0.6 is 0 Å². The van der Waals surface area contributed by atoms with Crippen LogP contribution in [-0.2, 0) is 6.42 Å². The number of hydrogen-bond donors (Lipinski definition) is 1. The molecule has 21 heavy (non-hydrogen) atoms. The third kappa shape index (κ3) is 3.07. The summed E-state index contributed by atoms with van der Waals surface area (Å²) in [5.74, 6) is -0.867. The van der Waals surface area contributed by atoms with Gasteiger partial charge >= 0.3 is 5.97 Å². The van der Waals surface area contributed by atoms with Crippen molar-refractivity contribution in [1.29, 1.82) is 0 Å². The average Bonchev–Trinajstić information content (AvgIpc) is 2.95. The monoisotopic (exact) mass is 288 g/mol. The number of hydrogen-bond acceptors (Lipinski definition) is 4. The maximum Gasteiger partial charge on any atom is 0.335 e. The van der Waals surface area contributed by atoms with Crippen molar-refractivity contribution in [2.45, 2.75) is 13.3 Å². The summed E-state index contributed by atoms with van der Waals surface area (Å²) in [5.41, 5.74) is 1.08. The Labute approximate surface area is 121 Å². The molecule has 0 saturated carbocycles. The van der Waals surface area contributed by atoms with Crippen molar-refractivity contribution in [2.75, 3.05) is 14.1 Å². The van der Waals surface area contributed by atoms with Crippen LogP contribution in [0.15, 0.2) is 24.4 Å². The van der Waals surface area contributed by atoms with Crippen molar-refractivity contribution in [3.63, 3.8) is 0 Å². The Hall–Kier alpha value is -2.70. The standard InChI is InChI=1S/C14H16N4O3/c1-4-10-7-9(14(20)21)8-12(15-10)18-6-5-11(16-18)13(19)17(2)3/h5-8H,4H2,1-3H3,(H,20,21). The Morgan fingerprint density at radius 2 is 2.05 bits per heavy atom. The molecule has 0 saturated heterocycles. The first-order valence-electron chi connectivity index (χ1n) is 6.44. The van der Waals surface area contributed by atoms with Gasteiger partial charge in [0.2, 0.25) is 0 Å². The second kappa shape index (κ2) is 5.74. The molecule has 110 valence electrons. The van der Waals surface area contributed by atoms with Crippen LogP contribution in [0, 0.1) is 0 Å². The maximum absolute atomic E-state index is 11.8. The van der Waals surface area contributed by atoms with Crippen molar-refractivity contribution in [3.8, 4) is 5.82 Å². The SMILES string of the molecule is CCc1cc(C(=O)O)cc(-n2ccc(C(=O)N(C)C)n2)n1. The van der Waals surface area contributed by atoms with Gasteiger partial charge in [-0.3, -0.25) is 4.79 Å². The lowest BCUT2D eigenvalue weighted by Gasteiger charge is -2.07. The highest BCUT2D eigenvalue weighted by Gasteiger charge is 2.14. The first-order valence-corrected chi connectivity index (χ1v) is 6.44. The van der Waals surface area contributed by atoms with E-state index in [1.54, 1.807) is 26.4 Å². The molecule has 0 atom stereocenters. The number of aryl methyl sites for hydroxylation is 1. The van der Waals surface area contributed by atoms with Crippen LogP contribution in [0.4, 0.5) is 0 Å². The van der Waals surface area contributed by atoms with Gasteiger partial charge in [0.05, 0.1) is 5.56 Å². The number of nitrogens with zero attached hydrogens (tertiary/aromatic N) is 4. The Morgan fingerprint density at radius 3 is 2.62 bits per heavy atom. The molecule has 7 nitrogen and oxygen atoms in total. The van der Waals surface area contributed by atoms with Crippen LogP contribution in [0.2, 0.25) is 0 Å². The van der Waals surface area contributed by atoms with E-state index in [0.717, 1.165) is 0 Å². The minimum absolute atomic E-state index is 0.146. The fraction of sp³-hybridized carbons (Fsp3) is 0.286. The molecule has 2 heterocycles. The van der Waals surface area contributed by atoms with Gasteiger partial charge in [0, 0.05) is 26.0 Å². The van der Waals surface area contributed by atoms with Gasteiger partial charge < -0.3 is 10.0 Å². The van der Waals surface area contributed by atoms with Crippen LogP contribution in [0.25, 0.3) is 5.82 Å². The molecule has 2 rings (SSSR count). The van der Waals surface area contributed by atoms with Gasteiger partial charge in [0.1, 0.15) is 0 Å². The normalized spacial score (nSPS) is 10.4. The second-order valence-electron chi connectivity index (χ2n) is 4.71. The summed E-state index contributed by atoms with van der Waals surface area (Å²) in [5, 5.41) is 13.3. The summed E-state index contributed by atoms with van der Waals surface area (Å²) in [6.07, 6.45) is 2.20. The van der Waals surface area contributed by atoms with Gasteiger partial charge in [-0.25, -0.2) is 14.5 Å². The zero-order valence-electron chi connectivity index (χ0n) is 12.1. The van der Waals surface area contributed by atoms with Gasteiger partial charge in [-0.15, -0.1) is 0 Å².